The number of piperidine rings is 2. The molecule has 3 rings (SSSR count). The molecule has 278 valence electrons. The molecular formula is C37H75N11. The fourth-order valence-corrected chi connectivity index (χ4v) is 8.90. The van der Waals surface area contributed by atoms with Gasteiger partial charge in [-0.05, 0) is 138 Å². The van der Waals surface area contributed by atoms with Crippen LogP contribution in [0.2, 0.25) is 0 Å². The second-order valence-electron chi connectivity index (χ2n) is 17.6. The van der Waals surface area contributed by atoms with Crippen LogP contribution in [-0.4, -0.2) is 81.9 Å². The lowest BCUT2D eigenvalue weighted by molar-refractivity contribution is 0.115. The molecule has 0 saturated carbocycles. The molecule has 1 aromatic rings. The van der Waals surface area contributed by atoms with Crippen LogP contribution in [0.1, 0.15) is 145 Å². The SMILES string of the molecule is CCCC(Nc1nc(NC(CCC)C2CC(C)(C)NC(C)(C)C2)nc(C(N)CCNCCNCCCN)n1)C1CC(C)(C)NC(C)(C)C1. The van der Waals surface area contributed by atoms with E-state index in [2.05, 4.69) is 101 Å². The Morgan fingerprint density at radius 2 is 1.06 bits per heavy atom. The van der Waals surface area contributed by atoms with Crippen molar-refractivity contribution in [1.29, 1.82) is 0 Å². The maximum atomic E-state index is 6.83. The van der Waals surface area contributed by atoms with Crippen molar-refractivity contribution < 1.29 is 0 Å². The average molecular weight is 674 g/mol. The highest BCUT2D eigenvalue weighted by Gasteiger charge is 2.42. The molecule has 2 saturated heterocycles. The van der Waals surface area contributed by atoms with Crippen LogP contribution < -0.4 is 43.4 Å². The lowest BCUT2D eigenvalue weighted by Crippen LogP contribution is -2.60. The van der Waals surface area contributed by atoms with E-state index < -0.39 is 0 Å². The Balaban J connectivity index is 1.86. The van der Waals surface area contributed by atoms with Gasteiger partial charge in [-0.1, -0.05) is 26.7 Å². The first kappa shape index (κ1) is 40.8. The van der Waals surface area contributed by atoms with E-state index in [9.17, 15) is 0 Å². The molecular weight excluding hydrogens is 598 g/mol. The molecule has 11 nitrogen and oxygen atoms in total. The molecule has 0 bridgehead atoms. The van der Waals surface area contributed by atoms with Crippen LogP contribution in [0.25, 0.3) is 0 Å². The molecule has 2 fully saturated rings. The van der Waals surface area contributed by atoms with Gasteiger partial charge in [-0.2, -0.15) is 15.0 Å². The third-order valence-electron chi connectivity index (χ3n) is 10.1. The van der Waals surface area contributed by atoms with Crippen molar-refractivity contribution in [2.75, 3.05) is 43.4 Å². The number of hydrogen-bond donors (Lipinski definition) is 8. The molecule has 1 aromatic heterocycles. The average Bonchev–Trinajstić information content (AvgIpc) is 2.94. The molecule has 2 aliphatic rings. The second-order valence-corrected chi connectivity index (χ2v) is 17.6. The molecule has 48 heavy (non-hydrogen) atoms. The zero-order chi connectivity index (χ0) is 35.6. The highest BCUT2D eigenvalue weighted by Crippen LogP contribution is 2.38. The van der Waals surface area contributed by atoms with Gasteiger partial charge in [-0.3, -0.25) is 0 Å². The van der Waals surface area contributed by atoms with Crippen molar-refractivity contribution in [3.05, 3.63) is 5.82 Å². The Labute approximate surface area is 293 Å². The standard InChI is InChI=1S/C37H75N11/c1-11-14-29(26-22-34(3,4)47-35(5,6)23-26)42-32-44-31(28(39)16-19-41-21-20-40-18-13-17-38)45-33(46-32)43-30(15-12-2)27-24-36(7,8)48-37(9,10)25-27/h26-30,40-41,47-48H,11-25,38-39H2,1-10H3,(H2,42,43,44,45,46). The molecule has 0 radical (unpaired) electrons. The summed E-state index contributed by atoms with van der Waals surface area (Å²) in [6.07, 6.45) is 10.5. The Kier molecular flexibility index (Phi) is 15.3. The van der Waals surface area contributed by atoms with E-state index in [0.29, 0.717) is 29.6 Å². The molecule has 3 atom stereocenters. The minimum Gasteiger partial charge on any atom is -0.351 e. The summed E-state index contributed by atoms with van der Waals surface area (Å²) >= 11 is 0. The van der Waals surface area contributed by atoms with Gasteiger partial charge in [0, 0.05) is 47.3 Å². The molecule has 0 amide bonds. The maximum Gasteiger partial charge on any atom is 0.228 e. The fraction of sp³-hybridized carbons (Fsp3) is 0.919. The van der Waals surface area contributed by atoms with E-state index in [-0.39, 0.29) is 40.3 Å². The Morgan fingerprint density at radius 3 is 1.46 bits per heavy atom. The number of nitrogens with one attached hydrogen (secondary N) is 6. The van der Waals surface area contributed by atoms with Crippen molar-refractivity contribution in [2.24, 2.45) is 23.3 Å². The Morgan fingerprint density at radius 1 is 0.646 bits per heavy atom. The van der Waals surface area contributed by atoms with E-state index in [1.165, 1.54) is 0 Å². The minimum absolute atomic E-state index is 0.0656. The van der Waals surface area contributed by atoms with Gasteiger partial charge in [0.05, 0.1) is 6.04 Å². The summed E-state index contributed by atoms with van der Waals surface area (Å²) in [7, 11) is 0. The van der Waals surface area contributed by atoms with Gasteiger partial charge < -0.3 is 43.4 Å². The number of rotatable bonds is 20. The van der Waals surface area contributed by atoms with Crippen LogP contribution in [0.4, 0.5) is 11.9 Å². The van der Waals surface area contributed by atoms with Crippen molar-refractivity contribution in [1.82, 2.24) is 36.2 Å². The summed E-state index contributed by atoms with van der Waals surface area (Å²) < 4.78 is 0. The topological polar surface area (TPSA) is 163 Å². The van der Waals surface area contributed by atoms with E-state index in [1.807, 2.05) is 0 Å². The fourth-order valence-electron chi connectivity index (χ4n) is 8.90. The van der Waals surface area contributed by atoms with Crippen LogP contribution in [0.5, 0.6) is 0 Å². The van der Waals surface area contributed by atoms with E-state index >= 15 is 0 Å². The van der Waals surface area contributed by atoms with E-state index in [0.717, 1.165) is 96.9 Å². The number of aromatic nitrogens is 3. The van der Waals surface area contributed by atoms with Crippen LogP contribution >= 0.6 is 0 Å². The normalized spacial score (nSPS) is 22.6. The van der Waals surface area contributed by atoms with Gasteiger partial charge >= 0.3 is 0 Å². The number of nitrogens with two attached hydrogens (primary N) is 2. The van der Waals surface area contributed by atoms with Gasteiger partial charge in [-0.15, -0.1) is 0 Å². The number of nitrogens with zero attached hydrogens (tertiary/aromatic N) is 3. The first-order valence-corrected chi connectivity index (χ1v) is 19.2. The summed E-state index contributed by atoms with van der Waals surface area (Å²) in [5.41, 5.74) is 12.7. The predicted molar refractivity (Wildman–Crippen MR) is 203 cm³/mol. The quantitative estimate of drug-likeness (QED) is 0.0873. The molecule has 0 aliphatic carbocycles. The third kappa shape index (κ3) is 13.6. The van der Waals surface area contributed by atoms with Gasteiger partial charge in [0.1, 0.15) is 0 Å². The molecule has 0 aromatic carbocycles. The zero-order valence-electron chi connectivity index (χ0n) is 32.5. The van der Waals surface area contributed by atoms with Gasteiger partial charge in [0.2, 0.25) is 11.9 Å². The molecule has 10 N–H and O–H groups in total. The molecule has 0 spiro atoms. The molecule has 3 heterocycles. The summed E-state index contributed by atoms with van der Waals surface area (Å²) in [5, 5.41) is 22.3. The van der Waals surface area contributed by atoms with Gasteiger partial charge in [-0.25, -0.2) is 0 Å². The molecule has 11 heteroatoms. The monoisotopic (exact) mass is 674 g/mol. The van der Waals surface area contributed by atoms with E-state index in [4.69, 9.17) is 26.4 Å². The van der Waals surface area contributed by atoms with E-state index in [1.54, 1.807) is 0 Å². The maximum absolute atomic E-state index is 6.83. The van der Waals surface area contributed by atoms with Crippen molar-refractivity contribution in [3.63, 3.8) is 0 Å². The minimum atomic E-state index is -0.297. The summed E-state index contributed by atoms with van der Waals surface area (Å²) in [4.78, 5) is 15.1. The van der Waals surface area contributed by atoms with Crippen LogP contribution in [0, 0.1) is 11.8 Å². The Hall–Kier alpha value is -1.63. The summed E-state index contributed by atoms with van der Waals surface area (Å²) in [5.74, 6) is 2.93. The lowest BCUT2D eigenvalue weighted by atomic mass is 9.72. The second kappa shape index (κ2) is 18.0. The van der Waals surface area contributed by atoms with Gasteiger partial charge in [0.15, 0.2) is 5.82 Å². The number of hydrogen-bond acceptors (Lipinski definition) is 11. The third-order valence-corrected chi connectivity index (χ3v) is 10.1. The summed E-state index contributed by atoms with van der Waals surface area (Å²) in [6.45, 7) is 27.4. The van der Waals surface area contributed by atoms with Crippen molar-refractivity contribution >= 4 is 11.9 Å². The predicted octanol–water partition coefficient (Wildman–Crippen LogP) is 5.06. The highest BCUT2D eigenvalue weighted by molar-refractivity contribution is 5.37. The molecule has 3 unspecified atom stereocenters. The number of anilines is 2. The van der Waals surface area contributed by atoms with Crippen LogP contribution in [-0.2, 0) is 0 Å². The zero-order valence-corrected chi connectivity index (χ0v) is 32.5. The molecule has 2 aliphatic heterocycles. The van der Waals surface area contributed by atoms with Crippen molar-refractivity contribution in [3.8, 4) is 0 Å². The Bertz CT molecular complexity index is 989. The van der Waals surface area contributed by atoms with Crippen LogP contribution in [0.3, 0.4) is 0 Å². The summed E-state index contributed by atoms with van der Waals surface area (Å²) in [6, 6.07) is 0.233. The largest absolute Gasteiger partial charge is 0.351 e. The van der Waals surface area contributed by atoms with Crippen LogP contribution in [0.15, 0.2) is 0 Å². The van der Waals surface area contributed by atoms with Crippen molar-refractivity contribution in [2.45, 2.75) is 174 Å². The smallest absolute Gasteiger partial charge is 0.228 e. The highest BCUT2D eigenvalue weighted by atomic mass is 15.2. The van der Waals surface area contributed by atoms with Gasteiger partial charge in [0.25, 0.3) is 0 Å². The first-order chi connectivity index (χ1) is 22.5. The lowest BCUT2D eigenvalue weighted by Gasteiger charge is -2.49. The first-order valence-electron chi connectivity index (χ1n) is 19.2.